The second-order valence-corrected chi connectivity index (χ2v) is 7.87. The maximum Gasteiger partial charge on any atom is 0.414 e. The Morgan fingerprint density at radius 2 is 1.35 bits per heavy atom. The van der Waals surface area contributed by atoms with Crippen molar-refractivity contribution in [2.75, 3.05) is 26.2 Å². The molecule has 6 nitrogen and oxygen atoms in total. The third kappa shape index (κ3) is 6.79. The van der Waals surface area contributed by atoms with E-state index < -0.39 is 11.9 Å². The molecule has 0 radical (unpaired) electrons. The van der Waals surface area contributed by atoms with Gasteiger partial charge in [0.2, 0.25) is 0 Å². The van der Waals surface area contributed by atoms with Crippen molar-refractivity contribution < 1.29 is 19.8 Å². The molecule has 0 aliphatic carbocycles. The van der Waals surface area contributed by atoms with Gasteiger partial charge in [0.15, 0.2) is 0 Å². The minimum Gasteiger partial charge on any atom is -0.473 e. The van der Waals surface area contributed by atoms with Crippen LogP contribution < -0.4 is 0 Å². The first-order valence-electron chi connectivity index (χ1n) is 10.0. The van der Waals surface area contributed by atoms with Gasteiger partial charge in [-0.05, 0) is 34.0 Å². The van der Waals surface area contributed by atoms with Crippen molar-refractivity contribution in [2.45, 2.75) is 13.1 Å². The van der Waals surface area contributed by atoms with Crippen molar-refractivity contribution in [3.05, 3.63) is 82.9 Å². The smallest absolute Gasteiger partial charge is 0.414 e. The molecule has 1 saturated heterocycles. The Morgan fingerprint density at radius 3 is 2.00 bits per heavy atom. The van der Waals surface area contributed by atoms with Crippen LogP contribution in [0, 0.1) is 0 Å². The number of hydrogen-bond donors (Lipinski definition) is 2. The van der Waals surface area contributed by atoms with Crippen LogP contribution >= 0.6 is 11.6 Å². The lowest BCUT2D eigenvalue weighted by Crippen LogP contribution is -2.45. The highest BCUT2D eigenvalue weighted by Gasteiger charge is 2.17. The van der Waals surface area contributed by atoms with E-state index in [1.165, 1.54) is 21.9 Å². The van der Waals surface area contributed by atoms with Crippen molar-refractivity contribution in [1.29, 1.82) is 0 Å². The summed E-state index contributed by atoms with van der Waals surface area (Å²) in [5, 5.41) is 18.3. The second kappa shape index (κ2) is 10.9. The molecule has 1 aliphatic heterocycles. The molecular weight excluding hydrogens is 416 g/mol. The van der Waals surface area contributed by atoms with Crippen LogP contribution in [0.4, 0.5) is 0 Å². The van der Waals surface area contributed by atoms with Crippen LogP contribution in [-0.4, -0.2) is 58.1 Å². The van der Waals surface area contributed by atoms with E-state index >= 15 is 0 Å². The predicted molar refractivity (Wildman–Crippen MR) is 121 cm³/mol. The first kappa shape index (κ1) is 22.7. The molecule has 7 heteroatoms. The molecule has 0 spiro atoms. The normalized spacial score (nSPS) is 14.6. The van der Waals surface area contributed by atoms with Crippen LogP contribution in [0.3, 0.4) is 0 Å². The van der Waals surface area contributed by atoms with Gasteiger partial charge in [-0.1, -0.05) is 66.2 Å². The number of hydrogen-bond acceptors (Lipinski definition) is 4. The number of fused-ring (bicyclic) bond motifs is 1. The van der Waals surface area contributed by atoms with Gasteiger partial charge in [0.05, 0.1) is 0 Å². The first-order valence-corrected chi connectivity index (χ1v) is 10.4. The predicted octanol–water partition coefficient (Wildman–Crippen LogP) is 3.97. The summed E-state index contributed by atoms with van der Waals surface area (Å²) in [5.41, 5.74) is 2.73. The summed E-state index contributed by atoms with van der Waals surface area (Å²) in [7, 11) is 0. The molecule has 2 N–H and O–H groups in total. The van der Waals surface area contributed by atoms with Gasteiger partial charge in [-0.2, -0.15) is 0 Å². The van der Waals surface area contributed by atoms with Crippen molar-refractivity contribution in [3.8, 4) is 0 Å². The molecule has 0 bridgehead atoms. The van der Waals surface area contributed by atoms with Crippen LogP contribution in [0.2, 0.25) is 5.02 Å². The molecule has 4 rings (SSSR count). The number of halogens is 1. The minimum absolute atomic E-state index is 0.826. The van der Waals surface area contributed by atoms with E-state index in [0.29, 0.717) is 0 Å². The van der Waals surface area contributed by atoms with Crippen LogP contribution in [0.25, 0.3) is 10.8 Å². The highest BCUT2D eigenvalue weighted by molar-refractivity contribution is 6.30. The Hall–Kier alpha value is -2.93. The fourth-order valence-electron chi connectivity index (χ4n) is 3.67. The van der Waals surface area contributed by atoms with Crippen LogP contribution in [0.5, 0.6) is 0 Å². The summed E-state index contributed by atoms with van der Waals surface area (Å²) < 4.78 is 0. The van der Waals surface area contributed by atoms with Gasteiger partial charge in [0.25, 0.3) is 0 Å². The molecule has 3 aromatic carbocycles. The molecule has 1 heterocycles. The van der Waals surface area contributed by atoms with E-state index in [4.69, 9.17) is 31.4 Å². The molecular formula is C24H25ClN2O4. The third-order valence-electron chi connectivity index (χ3n) is 5.22. The maximum atomic E-state index is 9.10. The zero-order valence-corrected chi connectivity index (χ0v) is 17.8. The number of carboxylic acid groups (broad SMARTS) is 2. The van der Waals surface area contributed by atoms with E-state index in [0.717, 1.165) is 44.3 Å². The van der Waals surface area contributed by atoms with E-state index in [9.17, 15) is 0 Å². The monoisotopic (exact) mass is 440 g/mol. The zero-order chi connectivity index (χ0) is 22.2. The summed E-state index contributed by atoms with van der Waals surface area (Å²) >= 11 is 6.10. The number of nitrogens with zero attached hydrogens (tertiary/aromatic N) is 2. The number of rotatable bonds is 4. The molecule has 0 unspecified atom stereocenters. The van der Waals surface area contributed by atoms with Gasteiger partial charge < -0.3 is 10.2 Å². The standard InChI is InChI=1S/C22H23ClN2.C2H2O4/c23-21-9-3-5-18(15-21)16-24-11-13-25(14-12-24)17-20-8-4-7-19-6-1-2-10-22(19)20;3-1(4)2(5)6/h1-10,15H,11-14,16-17H2;(H,3,4)(H,5,6). The Labute approximate surface area is 186 Å². The summed E-state index contributed by atoms with van der Waals surface area (Å²) in [6.07, 6.45) is 0. The van der Waals surface area contributed by atoms with Gasteiger partial charge in [0, 0.05) is 44.3 Å². The van der Waals surface area contributed by atoms with Gasteiger partial charge in [0.1, 0.15) is 0 Å². The Kier molecular flexibility index (Phi) is 8.00. The van der Waals surface area contributed by atoms with Crippen LogP contribution in [0.1, 0.15) is 11.1 Å². The lowest BCUT2D eigenvalue weighted by molar-refractivity contribution is -0.159. The van der Waals surface area contributed by atoms with E-state index in [2.05, 4.69) is 64.4 Å². The third-order valence-corrected chi connectivity index (χ3v) is 5.45. The fourth-order valence-corrected chi connectivity index (χ4v) is 3.88. The number of carbonyl (C=O) groups is 2. The van der Waals surface area contributed by atoms with Crippen molar-refractivity contribution >= 4 is 34.3 Å². The van der Waals surface area contributed by atoms with E-state index in [1.807, 2.05) is 12.1 Å². The number of aliphatic carboxylic acids is 2. The summed E-state index contributed by atoms with van der Waals surface area (Å²) in [6.45, 7) is 6.47. The zero-order valence-electron chi connectivity index (χ0n) is 17.1. The molecule has 0 aromatic heterocycles. The van der Waals surface area contributed by atoms with E-state index in [-0.39, 0.29) is 0 Å². The lowest BCUT2D eigenvalue weighted by Gasteiger charge is -2.35. The first-order chi connectivity index (χ1) is 14.9. The largest absolute Gasteiger partial charge is 0.473 e. The molecule has 1 aliphatic rings. The van der Waals surface area contributed by atoms with Gasteiger partial charge in [-0.3, -0.25) is 9.80 Å². The van der Waals surface area contributed by atoms with Crippen molar-refractivity contribution in [2.24, 2.45) is 0 Å². The molecule has 162 valence electrons. The van der Waals surface area contributed by atoms with Gasteiger partial charge in [-0.25, -0.2) is 9.59 Å². The summed E-state index contributed by atoms with van der Waals surface area (Å²) in [6, 6.07) is 23.5. The average molecular weight is 441 g/mol. The average Bonchev–Trinajstić information content (AvgIpc) is 2.76. The Balaban J connectivity index is 0.000000401. The Morgan fingerprint density at radius 1 is 0.774 bits per heavy atom. The Bertz CT molecular complexity index is 1030. The molecule has 0 saturated carbocycles. The number of benzene rings is 3. The lowest BCUT2D eigenvalue weighted by atomic mass is 10.0. The topological polar surface area (TPSA) is 81.1 Å². The second-order valence-electron chi connectivity index (χ2n) is 7.43. The number of piperazine rings is 1. The quantitative estimate of drug-likeness (QED) is 0.597. The maximum absolute atomic E-state index is 9.10. The number of carboxylic acids is 2. The van der Waals surface area contributed by atoms with Gasteiger partial charge in [-0.15, -0.1) is 0 Å². The van der Waals surface area contributed by atoms with E-state index in [1.54, 1.807) is 0 Å². The highest BCUT2D eigenvalue weighted by atomic mass is 35.5. The molecule has 0 atom stereocenters. The summed E-state index contributed by atoms with van der Waals surface area (Å²) in [5.74, 6) is -3.65. The van der Waals surface area contributed by atoms with Crippen molar-refractivity contribution in [1.82, 2.24) is 9.80 Å². The fraction of sp³-hybridized carbons (Fsp3) is 0.250. The SMILES string of the molecule is Clc1cccc(CN2CCN(Cc3cccc4ccccc34)CC2)c1.O=C(O)C(=O)O. The summed E-state index contributed by atoms with van der Waals surface area (Å²) in [4.78, 5) is 23.3. The molecule has 3 aromatic rings. The van der Waals surface area contributed by atoms with Crippen LogP contribution in [0.15, 0.2) is 66.7 Å². The van der Waals surface area contributed by atoms with Crippen LogP contribution in [-0.2, 0) is 22.7 Å². The van der Waals surface area contributed by atoms with Crippen molar-refractivity contribution in [3.63, 3.8) is 0 Å². The molecule has 31 heavy (non-hydrogen) atoms. The molecule has 1 fully saturated rings. The minimum atomic E-state index is -1.82. The van der Waals surface area contributed by atoms with Gasteiger partial charge >= 0.3 is 11.9 Å². The highest BCUT2D eigenvalue weighted by Crippen LogP contribution is 2.21. The molecule has 0 amide bonds.